The molecule has 1 spiro atoms. The minimum atomic E-state index is -2.22. The van der Waals surface area contributed by atoms with E-state index in [1.807, 2.05) is 0 Å². The van der Waals surface area contributed by atoms with Crippen LogP contribution in [0.5, 0.6) is 11.5 Å². The number of ether oxygens (including phenoxy) is 4. The van der Waals surface area contributed by atoms with Crippen LogP contribution in [0.15, 0.2) is 23.5 Å². The summed E-state index contributed by atoms with van der Waals surface area (Å²) in [5.41, 5.74) is -2.70. The lowest BCUT2D eigenvalue weighted by Gasteiger charge is -2.31. The van der Waals surface area contributed by atoms with Crippen LogP contribution in [0.25, 0.3) is 0 Å². The smallest absolute Gasteiger partial charge is 0.341 e. The molecule has 0 fully saturated rings. The average molecular weight is 457 g/mol. The monoisotopic (exact) mass is 456 g/mol. The molecule has 1 aromatic rings. The third kappa shape index (κ3) is 3.01. The first-order valence-electron chi connectivity index (χ1n) is 8.30. The van der Waals surface area contributed by atoms with Gasteiger partial charge in [0, 0.05) is 12.2 Å². The van der Waals surface area contributed by atoms with Crippen molar-refractivity contribution in [1.29, 1.82) is 0 Å². The predicted octanol–water partition coefficient (Wildman–Crippen LogP) is 2.29. The van der Waals surface area contributed by atoms with Crippen molar-refractivity contribution in [2.24, 2.45) is 0 Å². The van der Waals surface area contributed by atoms with E-state index in [1.54, 1.807) is 0 Å². The molecular formula is C19H14Cl2O9. The number of hydrogen-bond acceptors (Lipinski definition) is 8. The van der Waals surface area contributed by atoms with Crippen molar-refractivity contribution >= 4 is 46.7 Å². The molecule has 0 unspecified atom stereocenters. The van der Waals surface area contributed by atoms with E-state index in [9.17, 15) is 19.2 Å². The molecule has 0 aromatic heterocycles. The van der Waals surface area contributed by atoms with E-state index in [2.05, 4.69) is 0 Å². The lowest BCUT2D eigenvalue weighted by Crippen LogP contribution is -2.49. The van der Waals surface area contributed by atoms with Gasteiger partial charge in [-0.1, -0.05) is 23.2 Å². The number of esters is 1. The number of carbonyl (C=O) groups is 4. The summed E-state index contributed by atoms with van der Waals surface area (Å²) in [6, 6.07) is 0. The summed E-state index contributed by atoms with van der Waals surface area (Å²) in [4.78, 5) is 49.1. The van der Waals surface area contributed by atoms with Crippen molar-refractivity contribution in [2.45, 2.75) is 12.5 Å². The molecule has 1 N–H and O–H groups in total. The van der Waals surface area contributed by atoms with E-state index in [0.29, 0.717) is 0 Å². The van der Waals surface area contributed by atoms with Crippen LogP contribution in [0.3, 0.4) is 0 Å². The lowest BCUT2D eigenvalue weighted by molar-refractivity contribution is -0.139. The third-order valence-corrected chi connectivity index (χ3v) is 5.47. The van der Waals surface area contributed by atoms with Crippen LogP contribution < -0.4 is 9.47 Å². The van der Waals surface area contributed by atoms with E-state index in [-0.39, 0.29) is 38.4 Å². The van der Waals surface area contributed by atoms with Gasteiger partial charge in [0.2, 0.25) is 5.78 Å². The van der Waals surface area contributed by atoms with Crippen LogP contribution in [-0.2, 0) is 23.9 Å². The summed E-state index contributed by atoms with van der Waals surface area (Å²) in [7, 11) is 2.25. The van der Waals surface area contributed by atoms with Gasteiger partial charge in [-0.05, 0) is 12.5 Å². The number of fused-ring (bicyclic) bond motifs is 1. The van der Waals surface area contributed by atoms with Crippen LogP contribution in [0.2, 0.25) is 10.0 Å². The summed E-state index contributed by atoms with van der Waals surface area (Å²) >= 11 is 12.6. The van der Waals surface area contributed by atoms with Crippen molar-refractivity contribution in [3.63, 3.8) is 0 Å². The van der Waals surface area contributed by atoms with Gasteiger partial charge in [-0.15, -0.1) is 0 Å². The van der Waals surface area contributed by atoms with Crippen molar-refractivity contribution in [3.05, 3.63) is 44.7 Å². The summed E-state index contributed by atoms with van der Waals surface area (Å²) in [5, 5.41) is 8.79. The molecule has 9 nitrogen and oxygen atoms in total. The summed E-state index contributed by atoms with van der Waals surface area (Å²) in [6.07, 6.45) is 1.87. The predicted molar refractivity (Wildman–Crippen MR) is 102 cm³/mol. The number of Topliss-reactive ketones (excluding diaryl/α,β-unsaturated/α-hetero) is 1. The summed E-state index contributed by atoms with van der Waals surface area (Å²) < 4.78 is 21.0. The van der Waals surface area contributed by atoms with E-state index in [4.69, 9.17) is 47.3 Å². The molecule has 11 heteroatoms. The molecule has 3 rings (SSSR count). The van der Waals surface area contributed by atoms with Crippen LogP contribution >= 0.6 is 23.2 Å². The number of aliphatic carboxylic acids is 1. The Kier molecular flexibility index (Phi) is 5.53. The van der Waals surface area contributed by atoms with Crippen molar-refractivity contribution < 1.29 is 43.2 Å². The van der Waals surface area contributed by atoms with Crippen molar-refractivity contribution in [1.82, 2.24) is 0 Å². The zero-order valence-electron chi connectivity index (χ0n) is 15.8. The number of allylic oxidation sites excluding steroid dienone is 2. The van der Waals surface area contributed by atoms with Gasteiger partial charge in [0.05, 0.1) is 24.3 Å². The van der Waals surface area contributed by atoms with Gasteiger partial charge >= 0.3 is 11.9 Å². The first-order chi connectivity index (χ1) is 14.1. The number of carboxylic acids is 1. The van der Waals surface area contributed by atoms with Crippen molar-refractivity contribution in [2.75, 3.05) is 20.8 Å². The minimum Gasteiger partial charge on any atom is -0.496 e. The molecule has 1 aromatic carbocycles. The van der Waals surface area contributed by atoms with Crippen LogP contribution in [0.4, 0.5) is 0 Å². The fraction of sp³-hybridized carbons (Fsp3) is 0.263. The summed E-state index contributed by atoms with van der Waals surface area (Å²) in [6.45, 7) is 0.699. The third-order valence-electron chi connectivity index (χ3n) is 4.56. The lowest BCUT2D eigenvalue weighted by atomic mass is 9.81. The zero-order chi connectivity index (χ0) is 22.4. The fourth-order valence-electron chi connectivity index (χ4n) is 3.21. The van der Waals surface area contributed by atoms with Gasteiger partial charge in [-0.2, -0.15) is 0 Å². The Labute approximate surface area is 179 Å². The Hall–Kier alpha value is -3.04. The maximum atomic E-state index is 13.6. The molecule has 1 heterocycles. The number of carboxylic acid groups (broad SMARTS) is 1. The molecule has 158 valence electrons. The minimum absolute atomic E-state index is 0.0560. The van der Waals surface area contributed by atoms with Crippen LogP contribution in [0, 0.1) is 6.92 Å². The molecule has 0 saturated heterocycles. The standard InChI is InChI=1S/C19H14Cl2O9/c1-7-13(20)15(29-6-11(23)24)12-16(14(7)21)30-19(17(12)25)9(18(26)28-3)4-8(22)5-10(19)27-2/h4-5H,6H2,1-3H3,(H,23,24)/t19-/m1/s1. The van der Waals surface area contributed by atoms with Gasteiger partial charge in [0.1, 0.15) is 11.1 Å². The van der Waals surface area contributed by atoms with Gasteiger partial charge < -0.3 is 24.1 Å². The highest BCUT2D eigenvalue weighted by Gasteiger charge is 2.61. The van der Waals surface area contributed by atoms with Gasteiger partial charge in [0.25, 0.3) is 5.60 Å². The number of carbonyl (C=O) groups excluding carboxylic acids is 3. The average Bonchev–Trinajstić information content (AvgIpc) is 3.01. The van der Waals surface area contributed by atoms with Gasteiger partial charge in [0.15, 0.2) is 29.6 Å². The van der Waals surface area contributed by atoms with E-state index in [1.165, 1.54) is 14.0 Å². The highest BCUT2D eigenvalue weighted by molar-refractivity contribution is 6.40. The molecule has 30 heavy (non-hydrogen) atoms. The molecule has 0 amide bonds. The van der Waals surface area contributed by atoms with Crippen LogP contribution in [0.1, 0.15) is 15.9 Å². The number of halogens is 2. The Morgan fingerprint density at radius 1 is 1.17 bits per heavy atom. The normalized spacial score (nSPS) is 19.6. The largest absolute Gasteiger partial charge is 0.496 e. The molecule has 0 saturated carbocycles. The number of methoxy groups -OCH3 is 2. The number of ketones is 2. The second-order valence-corrected chi connectivity index (χ2v) is 7.00. The van der Waals surface area contributed by atoms with Gasteiger partial charge in [-0.3, -0.25) is 9.59 Å². The second kappa shape index (κ2) is 7.66. The zero-order valence-corrected chi connectivity index (χ0v) is 17.3. The number of rotatable bonds is 5. The molecule has 1 aliphatic carbocycles. The Bertz CT molecular complexity index is 1070. The first-order valence-corrected chi connectivity index (χ1v) is 9.06. The second-order valence-electron chi connectivity index (χ2n) is 6.25. The highest BCUT2D eigenvalue weighted by atomic mass is 35.5. The Morgan fingerprint density at radius 3 is 2.40 bits per heavy atom. The summed E-state index contributed by atoms with van der Waals surface area (Å²) in [5.74, 6) is -4.62. The topological polar surface area (TPSA) is 125 Å². The molecular weight excluding hydrogens is 443 g/mol. The van der Waals surface area contributed by atoms with E-state index < -0.39 is 41.3 Å². The maximum Gasteiger partial charge on any atom is 0.341 e. The van der Waals surface area contributed by atoms with E-state index in [0.717, 1.165) is 19.3 Å². The fourth-order valence-corrected chi connectivity index (χ4v) is 3.73. The van der Waals surface area contributed by atoms with Crippen LogP contribution in [-0.4, -0.2) is 55.0 Å². The molecule has 1 aliphatic heterocycles. The first kappa shape index (κ1) is 21.7. The number of hydrogen-bond donors (Lipinski definition) is 1. The van der Waals surface area contributed by atoms with Gasteiger partial charge in [-0.25, -0.2) is 9.59 Å². The Balaban J connectivity index is 2.31. The molecule has 0 radical (unpaired) electrons. The quantitative estimate of drug-likeness (QED) is 0.663. The SMILES string of the molecule is COC(=O)C1=CC(=O)C=C(OC)[C@]12Oc1c(Cl)c(C)c(Cl)c(OCC(=O)O)c1C2=O. The molecule has 1 atom stereocenters. The molecule has 2 aliphatic rings. The highest BCUT2D eigenvalue weighted by Crippen LogP contribution is 2.54. The van der Waals surface area contributed by atoms with Crippen molar-refractivity contribution in [3.8, 4) is 11.5 Å². The molecule has 0 bridgehead atoms. The number of benzene rings is 1. The van der Waals surface area contributed by atoms with E-state index >= 15 is 0 Å². The maximum absolute atomic E-state index is 13.6. The Morgan fingerprint density at radius 2 is 1.83 bits per heavy atom.